The topological polar surface area (TPSA) is 161 Å². The highest BCUT2D eigenvalue weighted by molar-refractivity contribution is 6.05. The van der Waals surface area contributed by atoms with Gasteiger partial charge in [0.1, 0.15) is 11.8 Å². The van der Waals surface area contributed by atoms with Gasteiger partial charge in [-0.1, -0.05) is 36.7 Å². The number of fused-ring (bicyclic) bond motifs is 5. The van der Waals surface area contributed by atoms with Gasteiger partial charge in [-0.05, 0) is 92.4 Å². The highest BCUT2D eigenvalue weighted by atomic mass is 16.6. The number of aliphatic hydroxyl groups is 1. The molecule has 0 aromatic heterocycles. The number of oxime groups is 1. The molecule has 4 aliphatic carbocycles. The fraction of sp³-hybridized carbons (Fsp3) is 0.594. The molecule has 3 fully saturated rings. The molecule has 1 aromatic rings. The van der Waals surface area contributed by atoms with Crippen LogP contribution in [0.5, 0.6) is 5.75 Å². The zero-order valence-electron chi connectivity index (χ0n) is 25.2. The largest absolute Gasteiger partial charge is 0.502 e. The predicted molar refractivity (Wildman–Crippen MR) is 158 cm³/mol. The standard InChI is InChI=1S/C32H41N3O8/c1-30-12-9-21(17-20(30)6-7-22-23(30)10-13-31(2)24(22)11-14-32(31,3)39)34-43-18-28(37)33-25(29(38)42-4)15-19-5-8-27(36)26(16-19)35(40)41/h5,8-9,12,16-17,22-25,36,39H,6-7,10-11,13-15,18H2,1-4H3,(H,33,37)/b34-21-/t22-,23+,24+,25+,30+,31+,32+/m1/s1. The van der Waals surface area contributed by atoms with E-state index in [0.717, 1.165) is 50.7 Å². The summed E-state index contributed by atoms with van der Waals surface area (Å²) in [5.74, 6) is -0.214. The zero-order valence-corrected chi connectivity index (χ0v) is 25.2. The van der Waals surface area contributed by atoms with Crippen LogP contribution in [0.3, 0.4) is 0 Å². The van der Waals surface area contributed by atoms with Gasteiger partial charge < -0.3 is 25.1 Å². The maximum absolute atomic E-state index is 12.6. The first kappa shape index (κ1) is 30.7. The summed E-state index contributed by atoms with van der Waals surface area (Å²) in [6, 6.07) is 2.62. The monoisotopic (exact) mass is 595 g/mol. The van der Waals surface area contributed by atoms with E-state index < -0.39 is 46.5 Å². The summed E-state index contributed by atoms with van der Waals surface area (Å²) in [6.45, 7) is 6.18. The van der Waals surface area contributed by atoms with E-state index in [9.17, 15) is 29.9 Å². The lowest BCUT2D eigenvalue weighted by Crippen LogP contribution is -2.53. The van der Waals surface area contributed by atoms with Crippen molar-refractivity contribution in [3.8, 4) is 5.75 Å². The molecule has 11 nitrogen and oxygen atoms in total. The first-order valence-corrected chi connectivity index (χ1v) is 14.9. The van der Waals surface area contributed by atoms with Crippen molar-refractivity contribution >= 4 is 23.3 Å². The third-order valence-corrected chi connectivity index (χ3v) is 11.0. The fourth-order valence-electron chi connectivity index (χ4n) is 8.32. The molecule has 0 spiro atoms. The van der Waals surface area contributed by atoms with Gasteiger partial charge in [0.2, 0.25) is 0 Å². The van der Waals surface area contributed by atoms with E-state index in [0.29, 0.717) is 29.0 Å². The molecule has 11 heteroatoms. The SMILES string of the molecule is COC(=O)[C@H](Cc1ccc(O)c([N+](=O)[O-])c1)NC(=O)CO/N=C1/C=C[C@@]2(C)C(=C1)CC[C@@H]1[C@@H]2CC[C@@]2(C)[C@H]1CC[C@]2(C)O. The Kier molecular flexibility index (Phi) is 8.15. The van der Waals surface area contributed by atoms with Crippen molar-refractivity contribution in [1.29, 1.82) is 0 Å². The van der Waals surface area contributed by atoms with Crippen molar-refractivity contribution < 1.29 is 34.3 Å². The summed E-state index contributed by atoms with van der Waals surface area (Å²) in [7, 11) is 1.18. The molecule has 0 unspecified atom stereocenters. The minimum Gasteiger partial charge on any atom is -0.502 e. The molecule has 0 heterocycles. The Balaban J connectivity index is 1.20. The number of rotatable bonds is 8. The maximum Gasteiger partial charge on any atom is 0.328 e. The van der Waals surface area contributed by atoms with Gasteiger partial charge in [0, 0.05) is 17.9 Å². The molecular formula is C32H41N3O8. The molecule has 43 heavy (non-hydrogen) atoms. The molecule has 5 rings (SSSR count). The Hall–Kier alpha value is -3.73. The molecule has 0 aliphatic heterocycles. The van der Waals surface area contributed by atoms with E-state index in [1.54, 1.807) is 0 Å². The van der Waals surface area contributed by atoms with Crippen molar-refractivity contribution in [2.45, 2.75) is 77.4 Å². The van der Waals surface area contributed by atoms with E-state index in [1.165, 1.54) is 18.7 Å². The number of nitrogens with zero attached hydrogens (tertiary/aromatic N) is 2. The van der Waals surface area contributed by atoms with Crippen LogP contribution in [0.25, 0.3) is 0 Å². The van der Waals surface area contributed by atoms with Crippen molar-refractivity contribution in [3.05, 3.63) is 57.7 Å². The third kappa shape index (κ3) is 5.55. The number of allylic oxidation sites excluding steroid dienone is 4. The van der Waals surface area contributed by atoms with Gasteiger partial charge in [-0.25, -0.2) is 4.79 Å². The van der Waals surface area contributed by atoms with Gasteiger partial charge >= 0.3 is 11.7 Å². The predicted octanol–water partition coefficient (Wildman–Crippen LogP) is 4.36. The number of carbonyl (C=O) groups is 2. The lowest BCUT2D eigenvalue weighted by Gasteiger charge is -2.58. The zero-order chi connectivity index (χ0) is 31.2. The van der Waals surface area contributed by atoms with E-state index in [-0.39, 0.29) is 17.3 Å². The minimum atomic E-state index is -1.12. The van der Waals surface area contributed by atoms with Crippen LogP contribution in [0.1, 0.15) is 64.9 Å². The van der Waals surface area contributed by atoms with E-state index in [1.807, 2.05) is 13.0 Å². The van der Waals surface area contributed by atoms with Crippen molar-refractivity contribution in [2.75, 3.05) is 13.7 Å². The number of amides is 1. The Bertz CT molecular complexity index is 1400. The van der Waals surface area contributed by atoms with Gasteiger partial charge in [-0.2, -0.15) is 0 Å². The molecule has 232 valence electrons. The molecule has 0 bridgehead atoms. The molecule has 3 N–H and O–H groups in total. The van der Waals surface area contributed by atoms with Crippen LogP contribution in [0.4, 0.5) is 5.69 Å². The Morgan fingerprint density at radius 2 is 1.93 bits per heavy atom. The van der Waals surface area contributed by atoms with Crippen LogP contribution in [0.2, 0.25) is 0 Å². The lowest BCUT2D eigenvalue weighted by molar-refractivity contribution is -0.385. The Morgan fingerprint density at radius 1 is 1.19 bits per heavy atom. The summed E-state index contributed by atoms with van der Waals surface area (Å²) in [5, 5.41) is 38.7. The van der Waals surface area contributed by atoms with Gasteiger partial charge in [0.05, 0.1) is 17.6 Å². The number of methoxy groups -OCH3 is 1. The van der Waals surface area contributed by atoms with Crippen LogP contribution >= 0.6 is 0 Å². The molecule has 4 aliphatic rings. The second kappa shape index (κ2) is 11.4. The molecule has 0 radical (unpaired) electrons. The highest BCUT2D eigenvalue weighted by Crippen LogP contribution is 2.66. The summed E-state index contributed by atoms with van der Waals surface area (Å²) in [4.78, 5) is 40.7. The number of hydrogen-bond acceptors (Lipinski definition) is 9. The molecular weight excluding hydrogens is 554 g/mol. The van der Waals surface area contributed by atoms with Crippen molar-refractivity contribution in [1.82, 2.24) is 5.32 Å². The van der Waals surface area contributed by atoms with Crippen LogP contribution < -0.4 is 5.32 Å². The molecule has 0 saturated heterocycles. The maximum atomic E-state index is 12.6. The van der Waals surface area contributed by atoms with Crippen molar-refractivity contribution in [3.63, 3.8) is 0 Å². The molecule has 1 aromatic carbocycles. The number of ether oxygens (including phenoxy) is 1. The van der Waals surface area contributed by atoms with Crippen LogP contribution in [-0.4, -0.2) is 58.1 Å². The Labute approximate surface area is 251 Å². The number of carbonyl (C=O) groups excluding carboxylic acids is 2. The van der Waals surface area contributed by atoms with Gasteiger partial charge in [0.15, 0.2) is 12.4 Å². The minimum absolute atomic E-state index is 0.0277. The average Bonchev–Trinajstić information content (AvgIpc) is 3.21. The number of nitro benzene ring substituents is 1. The van der Waals surface area contributed by atoms with Gasteiger partial charge in [-0.15, -0.1) is 0 Å². The number of nitro groups is 1. The van der Waals surface area contributed by atoms with E-state index >= 15 is 0 Å². The summed E-state index contributed by atoms with van der Waals surface area (Å²) < 4.78 is 4.79. The number of phenolic OH excluding ortho intramolecular Hbond substituents is 1. The van der Waals surface area contributed by atoms with Crippen LogP contribution in [0.15, 0.2) is 47.2 Å². The number of phenols is 1. The van der Waals surface area contributed by atoms with E-state index in [2.05, 4.69) is 36.5 Å². The summed E-state index contributed by atoms with van der Waals surface area (Å²) in [5.41, 5.74) is 1.08. The fourth-order valence-corrected chi connectivity index (χ4v) is 8.32. The first-order chi connectivity index (χ1) is 20.3. The number of esters is 1. The number of benzene rings is 1. The van der Waals surface area contributed by atoms with Gasteiger partial charge in [0.25, 0.3) is 5.91 Å². The molecule has 3 saturated carbocycles. The highest BCUT2D eigenvalue weighted by Gasteiger charge is 2.62. The first-order valence-electron chi connectivity index (χ1n) is 14.9. The third-order valence-electron chi connectivity index (χ3n) is 11.0. The van der Waals surface area contributed by atoms with Crippen LogP contribution in [0, 0.1) is 38.7 Å². The molecule has 1 amide bonds. The Morgan fingerprint density at radius 3 is 2.65 bits per heavy atom. The summed E-state index contributed by atoms with van der Waals surface area (Å²) >= 11 is 0. The normalized spacial score (nSPS) is 34.3. The lowest BCUT2D eigenvalue weighted by atomic mass is 9.47. The van der Waals surface area contributed by atoms with Crippen LogP contribution in [-0.2, 0) is 25.6 Å². The smallest absolute Gasteiger partial charge is 0.328 e. The van der Waals surface area contributed by atoms with Gasteiger partial charge in [-0.3, -0.25) is 14.9 Å². The average molecular weight is 596 g/mol. The number of hydrogen-bond donors (Lipinski definition) is 3. The second-order valence-electron chi connectivity index (χ2n) is 13.2. The number of nitrogens with one attached hydrogen (secondary N) is 1. The quantitative estimate of drug-likeness (QED) is 0.227. The second-order valence-corrected chi connectivity index (χ2v) is 13.2. The number of aromatic hydroxyl groups is 1. The van der Waals surface area contributed by atoms with E-state index in [4.69, 9.17) is 9.57 Å². The molecule has 7 atom stereocenters. The summed E-state index contributed by atoms with van der Waals surface area (Å²) in [6.07, 6.45) is 12.2. The van der Waals surface area contributed by atoms with Crippen molar-refractivity contribution in [2.24, 2.45) is 33.7 Å².